The molecule has 0 bridgehead atoms. The van der Waals surface area contributed by atoms with E-state index in [4.69, 9.17) is 11.6 Å². The van der Waals surface area contributed by atoms with Crippen molar-refractivity contribution >= 4 is 23.2 Å². The quantitative estimate of drug-likeness (QED) is 0.943. The molecule has 1 unspecified atom stereocenters. The number of rotatable bonds is 4. The van der Waals surface area contributed by atoms with E-state index in [0.29, 0.717) is 16.3 Å². The second-order valence-corrected chi connectivity index (χ2v) is 5.30. The van der Waals surface area contributed by atoms with Crippen LogP contribution in [0.2, 0.25) is 5.02 Å². The normalized spacial score (nSPS) is 11.8. The predicted molar refractivity (Wildman–Crippen MR) is 83.5 cm³/mol. The molecule has 6 heteroatoms. The summed E-state index contributed by atoms with van der Waals surface area (Å²) in [5.74, 6) is -0.0677. The zero-order valence-corrected chi connectivity index (χ0v) is 12.9. The van der Waals surface area contributed by atoms with E-state index < -0.39 is 0 Å². The molecule has 21 heavy (non-hydrogen) atoms. The zero-order valence-electron chi connectivity index (χ0n) is 12.2. The number of amides is 1. The van der Waals surface area contributed by atoms with E-state index in [1.807, 2.05) is 6.92 Å². The molecule has 1 aromatic carbocycles. The molecule has 0 aliphatic rings. The molecule has 5 nitrogen and oxygen atoms in total. The molecular formula is C15H17ClN4O. The van der Waals surface area contributed by atoms with Crippen molar-refractivity contribution in [2.75, 3.05) is 19.4 Å². The van der Waals surface area contributed by atoms with Crippen molar-refractivity contribution in [3.8, 4) is 0 Å². The molecule has 1 atom stereocenters. The van der Waals surface area contributed by atoms with Crippen LogP contribution in [0.4, 0.5) is 5.69 Å². The van der Waals surface area contributed by atoms with Crippen LogP contribution in [-0.4, -0.2) is 34.9 Å². The maximum absolute atomic E-state index is 12.0. The smallest absolute Gasteiger partial charge is 0.253 e. The molecule has 1 N–H and O–H groups in total. The molecule has 110 valence electrons. The highest BCUT2D eigenvalue weighted by molar-refractivity contribution is 6.33. The van der Waals surface area contributed by atoms with Gasteiger partial charge in [-0.1, -0.05) is 11.6 Å². The summed E-state index contributed by atoms with van der Waals surface area (Å²) in [6.45, 7) is 1.96. The lowest BCUT2D eigenvalue weighted by atomic mass is 10.1. The number of carbonyl (C=O) groups is 1. The highest BCUT2D eigenvalue weighted by atomic mass is 35.5. The SMILES string of the molecule is CC(Nc1cc(C(=O)N(C)C)ccc1Cl)c1cnccn1. The number of carbonyl (C=O) groups excluding carboxylic acids is 1. The summed E-state index contributed by atoms with van der Waals surface area (Å²) in [7, 11) is 3.43. The first-order valence-corrected chi connectivity index (χ1v) is 6.90. The van der Waals surface area contributed by atoms with Crippen molar-refractivity contribution in [1.29, 1.82) is 0 Å². The molecule has 0 radical (unpaired) electrons. The van der Waals surface area contributed by atoms with Gasteiger partial charge >= 0.3 is 0 Å². The molecule has 0 saturated heterocycles. The number of benzene rings is 1. The fourth-order valence-corrected chi connectivity index (χ4v) is 2.04. The number of halogens is 1. The largest absolute Gasteiger partial charge is 0.376 e. The van der Waals surface area contributed by atoms with E-state index >= 15 is 0 Å². The van der Waals surface area contributed by atoms with Gasteiger partial charge in [-0.15, -0.1) is 0 Å². The average Bonchev–Trinajstić information content (AvgIpc) is 2.49. The van der Waals surface area contributed by atoms with Crippen LogP contribution in [0.3, 0.4) is 0 Å². The average molecular weight is 305 g/mol. The summed E-state index contributed by atoms with van der Waals surface area (Å²) < 4.78 is 0. The Kier molecular flexibility index (Phi) is 4.75. The Morgan fingerprint density at radius 3 is 2.71 bits per heavy atom. The number of nitrogens with one attached hydrogen (secondary N) is 1. The Morgan fingerprint density at radius 1 is 1.33 bits per heavy atom. The van der Waals surface area contributed by atoms with Crippen molar-refractivity contribution in [1.82, 2.24) is 14.9 Å². The van der Waals surface area contributed by atoms with Gasteiger partial charge in [0.15, 0.2) is 0 Å². The van der Waals surface area contributed by atoms with Gasteiger partial charge < -0.3 is 10.2 Å². The Bertz CT molecular complexity index is 631. The van der Waals surface area contributed by atoms with E-state index in [1.165, 1.54) is 4.90 Å². The lowest BCUT2D eigenvalue weighted by Crippen LogP contribution is -2.21. The number of nitrogens with zero attached hydrogens (tertiary/aromatic N) is 3. The Hall–Kier alpha value is -2.14. The summed E-state index contributed by atoms with van der Waals surface area (Å²) in [5.41, 5.74) is 2.08. The van der Waals surface area contributed by atoms with Crippen molar-refractivity contribution in [2.24, 2.45) is 0 Å². The van der Waals surface area contributed by atoms with Crippen LogP contribution in [0, 0.1) is 0 Å². The maximum Gasteiger partial charge on any atom is 0.253 e. The lowest BCUT2D eigenvalue weighted by Gasteiger charge is -2.17. The predicted octanol–water partition coefficient (Wildman–Crippen LogP) is 3.00. The molecular weight excluding hydrogens is 288 g/mol. The third kappa shape index (κ3) is 3.70. The van der Waals surface area contributed by atoms with Crippen molar-refractivity contribution < 1.29 is 4.79 Å². The van der Waals surface area contributed by atoms with Gasteiger partial charge in [-0.05, 0) is 25.1 Å². The van der Waals surface area contributed by atoms with Crippen LogP contribution in [0.5, 0.6) is 0 Å². The molecule has 0 aliphatic carbocycles. The first-order chi connectivity index (χ1) is 9.99. The van der Waals surface area contributed by atoms with E-state index in [2.05, 4.69) is 15.3 Å². The van der Waals surface area contributed by atoms with Gasteiger partial charge in [0.05, 0.1) is 28.6 Å². The molecule has 0 saturated carbocycles. The molecule has 0 spiro atoms. The second-order valence-electron chi connectivity index (χ2n) is 4.89. The minimum absolute atomic E-state index is 0.0677. The summed E-state index contributed by atoms with van der Waals surface area (Å²) in [6, 6.07) is 5.10. The van der Waals surface area contributed by atoms with Gasteiger partial charge in [-0.2, -0.15) is 0 Å². The van der Waals surface area contributed by atoms with Gasteiger partial charge in [-0.25, -0.2) is 0 Å². The Morgan fingerprint density at radius 2 is 2.10 bits per heavy atom. The van der Waals surface area contributed by atoms with Crippen molar-refractivity contribution in [3.63, 3.8) is 0 Å². The van der Waals surface area contributed by atoms with Gasteiger partial charge in [-0.3, -0.25) is 14.8 Å². The summed E-state index contributed by atoms with van der Waals surface area (Å²) in [4.78, 5) is 21.8. The van der Waals surface area contributed by atoms with E-state index in [1.54, 1.807) is 50.9 Å². The maximum atomic E-state index is 12.0. The third-order valence-electron chi connectivity index (χ3n) is 3.02. The van der Waals surface area contributed by atoms with Crippen LogP contribution in [0.1, 0.15) is 29.0 Å². The fourth-order valence-electron chi connectivity index (χ4n) is 1.87. The molecule has 1 amide bonds. The summed E-state index contributed by atoms with van der Waals surface area (Å²) >= 11 is 6.19. The first kappa shape index (κ1) is 15.3. The molecule has 0 aliphatic heterocycles. The molecule has 1 heterocycles. The van der Waals surface area contributed by atoms with Crippen LogP contribution >= 0.6 is 11.6 Å². The monoisotopic (exact) mass is 304 g/mol. The van der Waals surface area contributed by atoms with Crippen molar-refractivity contribution in [2.45, 2.75) is 13.0 Å². The highest BCUT2D eigenvalue weighted by Crippen LogP contribution is 2.27. The molecule has 2 aromatic rings. The number of hydrogen-bond donors (Lipinski definition) is 1. The van der Waals surface area contributed by atoms with Gasteiger partial charge in [0, 0.05) is 32.1 Å². The standard InChI is InChI=1S/C15H17ClN4O/c1-10(14-9-17-6-7-18-14)19-13-8-11(4-5-12(13)16)15(21)20(2)3/h4-10,19H,1-3H3. The molecule has 1 aromatic heterocycles. The summed E-state index contributed by atoms with van der Waals surface area (Å²) in [6.07, 6.45) is 4.96. The van der Waals surface area contributed by atoms with E-state index in [0.717, 1.165) is 5.69 Å². The Labute approximate surface area is 129 Å². The van der Waals surface area contributed by atoms with Gasteiger partial charge in [0.1, 0.15) is 0 Å². The van der Waals surface area contributed by atoms with Crippen LogP contribution in [0.25, 0.3) is 0 Å². The van der Waals surface area contributed by atoms with Crippen LogP contribution in [-0.2, 0) is 0 Å². The molecule has 2 rings (SSSR count). The van der Waals surface area contributed by atoms with E-state index in [-0.39, 0.29) is 11.9 Å². The number of aromatic nitrogens is 2. The number of anilines is 1. The minimum atomic E-state index is -0.0686. The van der Waals surface area contributed by atoms with Crippen LogP contribution in [0.15, 0.2) is 36.8 Å². The minimum Gasteiger partial charge on any atom is -0.376 e. The fraction of sp³-hybridized carbons (Fsp3) is 0.267. The van der Waals surface area contributed by atoms with Gasteiger partial charge in [0.25, 0.3) is 5.91 Å². The highest BCUT2D eigenvalue weighted by Gasteiger charge is 2.13. The van der Waals surface area contributed by atoms with Crippen LogP contribution < -0.4 is 5.32 Å². The van der Waals surface area contributed by atoms with Gasteiger partial charge in [0.2, 0.25) is 0 Å². The summed E-state index contributed by atoms with van der Waals surface area (Å²) in [5, 5.41) is 3.81. The third-order valence-corrected chi connectivity index (χ3v) is 3.35. The zero-order chi connectivity index (χ0) is 15.4. The lowest BCUT2D eigenvalue weighted by molar-refractivity contribution is 0.0827. The number of hydrogen-bond acceptors (Lipinski definition) is 4. The van der Waals surface area contributed by atoms with Crippen molar-refractivity contribution in [3.05, 3.63) is 53.1 Å². The first-order valence-electron chi connectivity index (χ1n) is 6.52. The topological polar surface area (TPSA) is 58.1 Å². The Balaban J connectivity index is 2.23. The second kappa shape index (κ2) is 6.54. The van der Waals surface area contributed by atoms with E-state index in [9.17, 15) is 4.79 Å². The molecule has 0 fully saturated rings.